The molecule has 0 aliphatic rings. The number of rotatable bonds is 4. The van der Waals surface area contributed by atoms with Gasteiger partial charge in [-0.2, -0.15) is 0 Å². The molecular formula is C16H18F2N2O. The van der Waals surface area contributed by atoms with Gasteiger partial charge in [-0.05, 0) is 42.7 Å². The lowest BCUT2D eigenvalue weighted by Crippen LogP contribution is -2.29. The highest BCUT2D eigenvalue weighted by Crippen LogP contribution is 2.34. The molecule has 5 heteroatoms. The molecule has 112 valence electrons. The molecule has 2 aromatic carbocycles. The molecule has 1 unspecified atom stereocenters. The summed E-state index contributed by atoms with van der Waals surface area (Å²) in [4.78, 5) is 0. The molecule has 21 heavy (non-hydrogen) atoms. The van der Waals surface area contributed by atoms with Crippen molar-refractivity contribution in [2.75, 3.05) is 7.11 Å². The maximum atomic E-state index is 13.4. The van der Waals surface area contributed by atoms with Crippen LogP contribution in [0.5, 0.6) is 5.75 Å². The van der Waals surface area contributed by atoms with Gasteiger partial charge in [0.05, 0.1) is 13.2 Å². The molecule has 3 N–H and O–H groups in total. The lowest BCUT2D eigenvalue weighted by Gasteiger charge is -2.22. The molecule has 0 aliphatic heterocycles. The Morgan fingerprint density at radius 1 is 1.10 bits per heavy atom. The Morgan fingerprint density at radius 3 is 2.38 bits per heavy atom. The first-order chi connectivity index (χ1) is 9.99. The zero-order valence-electron chi connectivity index (χ0n) is 12.2. The van der Waals surface area contributed by atoms with E-state index < -0.39 is 17.7 Å². The van der Waals surface area contributed by atoms with Gasteiger partial charge < -0.3 is 4.74 Å². The first-order valence-corrected chi connectivity index (χ1v) is 6.54. The molecule has 0 fully saturated rings. The Bertz CT molecular complexity index is 659. The second-order valence-corrected chi connectivity index (χ2v) is 4.90. The van der Waals surface area contributed by atoms with Gasteiger partial charge in [-0.15, -0.1) is 0 Å². The smallest absolute Gasteiger partial charge is 0.159 e. The number of halogens is 2. The summed E-state index contributed by atoms with van der Waals surface area (Å²) < 4.78 is 32.0. The number of hydrogen-bond acceptors (Lipinski definition) is 3. The summed E-state index contributed by atoms with van der Waals surface area (Å²) in [6.07, 6.45) is 0. The second kappa shape index (κ2) is 6.20. The quantitative estimate of drug-likeness (QED) is 0.672. The van der Waals surface area contributed by atoms with Crippen LogP contribution in [0.1, 0.15) is 28.3 Å². The molecular weight excluding hydrogens is 274 g/mol. The SMILES string of the molecule is COc1c(C(NN)c2ccc(F)c(F)c2)ccc(C)c1C. The van der Waals surface area contributed by atoms with E-state index in [1.54, 1.807) is 7.11 Å². The van der Waals surface area contributed by atoms with Crippen LogP contribution in [0, 0.1) is 25.5 Å². The molecule has 0 saturated carbocycles. The van der Waals surface area contributed by atoms with E-state index in [9.17, 15) is 8.78 Å². The van der Waals surface area contributed by atoms with E-state index in [4.69, 9.17) is 10.6 Å². The third kappa shape index (κ3) is 2.89. The van der Waals surface area contributed by atoms with Crippen molar-refractivity contribution in [1.29, 1.82) is 0 Å². The Hall–Kier alpha value is -1.98. The number of aryl methyl sites for hydroxylation is 1. The van der Waals surface area contributed by atoms with E-state index >= 15 is 0 Å². The van der Waals surface area contributed by atoms with Crippen LogP contribution in [0.15, 0.2) is 30.3 Å². The average Bonchev–Trinajstić information content (AvgIpc) is 2.47. The van der Waals surface area contributed by atoms with E-state index in [2.05, 4.69) is 5.43 Å². The van der Waals surface area contributed by atoms with Gasteiger partial charge in [0.2, 0.25) is 0 Å². The van der Waals surface area contributed by atoms with Crippen LogP contribution < -0.4 is 16.0 Å². The standard InChI is InChI=1S/C16H18F2N2O/c1-9-4-6-12(16(21-3)10(9)2)15(20-19)11-5-7-13(17)14(18)8-11/h4-8,15,20H,19H2,1-3H3. The third-order valence-corrected chi connectivity index (χ3v) is 3.67. The Balaban J connectivity index is 2.56. The van der Waals surface area contributed by atoms with Crippen molar-refractivity contribution in [3.63, 3.8) is 0 Å². The molecule has 0 amide bonds. The minimum absolute atomic E-state index is 0.491. The number of nitrogens with one attached hydrogen (secondary N) is 1. The number of methoxy groups -OCH3 is 1. The first kappa shape index (κ1) is 15.4. The van der Waals surface area contributed by atoms with Crippen LogP contribution >= 0.6 is 0 Å². The lowest BCUT2D eigenvalue weighted by atomic mass is 9.94. The van der Waals surface area contributed by atoms with E-state index in [-0.39, 0.29) is 0 Å². The highest BCUT2D eigenvalue weighted by molar-refractivity contribution is 5.49. The summed E-state index contributed by atoms with van der Waals surface area (Å²) in [7, 11) is 1.57. The van der Waals surface area contributed by atoms with Crippen molar-refractivity contribution in [2.24, 2.45) is 5.84 Å². The van der Waals surface area contributed by atoms with Crippen molar-refractivity contribution in [2.45, 2.75) is 19.9 Å². The minimum Gasteiger partial charge on any atom is -0.496 e. The summed E-state index contributed by atoms with van der Waals surface area (Å²) in [6.45, 7) is 3.92. The summed E-state index contributed by atoms with van der Waals surface area (Å²) in [5.41, 5.74) is 6.00. The predicted molar refractivity (Wildman–Crippen MR) is 78.0 cm³/mol. The van der Waals surface area contributed by atoms with Gasteiger partial charge in [0.15, 0.2) is 11.6 Å². The third-order valence-electron chi connectivity index (χ3n) is 3.67. The summed E-state index contributed by atoms with van der Waals surface area (Å²) in [5.74, 6) is 4.50. The molecule has 0 aliphatic carbocycles. The van der Waals surface area contributed by atoms with Gasteiger partial charge in [-0.3, -0.25) is 5.84 Å². The van der Waals surface area contributed by atoms with Gasteiger partial charge in [-0.1, -0.05) is 18.2 Å². The van der Waals surface area contributed by atoms with Crippen LogP contribution in [-0.2, 0) is 0 Å². The Kier molecular flexibility index (Phi) is 4.55. The maximum absolute atomic E-state index is 13.4. The van der Waals surface area contributed by atoms with Crippen molar-refractivity contribution >= 4 is 0 Å². The Morgan fingerprint density at radius 2 is 1.81 bits per heavy atom. The molecule has 0 spiro atoms. The molecule has 0 bridgehead atoms. The zero-order valence-corrected chi connectivity index (χ0v) is 12.2. The summed E-state index contributed by atoms with van der Waals surface area (Å²) >= 11 is 0. The van der Waals surface area contributed by atoms with E-state index in [0.717, 1.165) is 28.8 Å². The van der Waals surface area contributed by atoms with Crippen molar-refractivity contribution < 1.29 is 13.5 Å². The van der Waals surface area contributed by atoms with Gasteiger partial charge in [0, 0.05) is 5.56 Å². The maximum Gasteiger partial charge on any atom is 0.159 e. The van der Waals surface area contributed by atoms with E-state index in [0.29, 0.717) is 11.3 Å². The zero-order chi connectivity index (χ0) is 15.6. The highest BCUT2D eigenvalue weighted by atomic mass is 19.2. The lowest BCUT2D eigenvalue weighted by molar-refractivity contribution is 0.400. The largest absolute Gasteiger partial charge is 0.496 e. The number of benzene rings is 2. The minimum atomic E-state index is -0.907. The number of hydrazine groups is 1. The molecule has 0 heterocycles. The van der Waals surface area contributed by atoms with Gasteiger partial charge in [0.25, 0.3) is 0 Å². The van der Waals surface area contributed by atoms with Gasteiger partial charge >= 0.3 is 0 Å². The van der Waals surface area contributed by atoms with Gasteiger partial charge in [-0.25, -0.2) is 14.2 Å². The highest BCUT2D eigenvalue weighted by Gasteiger charge is 2.20. The molecule has 3 nitrogen and oxygen atoms in total. The van der Waals surface area contributed by atoms with Gasteiger partial charge in [0.1, 0.15) is 5.75 Å². The van der Waals surface area contributed by atoms with Crippen LogP contribution in [0.25, 0.3) is 0 Å². The number of hydrogen-bond donors (Lipinski definition) is 2. The van der Waals surface area contributed by atoms with Crippen molar-refractivity contribution in [3.8, 4) is 5.75 Å². The normalized spacial score (nSPS) is 12.3. The van der Waals surface area contributed by atoms with Crippen molar-refractivity contribution in [3.05, 3.63) is 64.2 Å². The Labute approximate surface area is 122 Å². The number of ether oxygens (including phenoxy) is 1. The van der Waals surface area contributed by atoms with E-state index in [1.807, 2.05) is 26.0 Å². The average molecular weight is 292 g/mol. The second-order valence-electron chi connectivity index (χ2n) is 4.90. The molecule has 1 atom stereocenters. The molecule has 2 rings (SSSR count). The van der Waals surface area contributed by atoms with E-state index in [1.165, 1.54) is 6.07 Å². The number of nitrogens with two attached hydrogens (primary N) is 1. The predicted octanol–water partition coefficient (Wildman–Crippen LogP) is 3.14. The fourth-order valence-electron chi connectivity index (χ4n) is 2.37. The fraction of sp³-hybridized carbons (Fsp3) is 0.250. The topological polar surface area (TPSA) is 47.3 Å². The van der Waals surface area contributed by atoms with Crippen molar-refractivity contribution in [1.82, 2.24) is 5.43 Å². The molecule has 2 aromatic rings. The summed E-state index contributed by atoms with van der Waals surface area (Å²) in [5, 5.41) is 0. The van der Waals surface area contributed by atoms with Crippen LogP contribution in [-0.4, -0.2) is 7.11 Å². The summed E-state index contributed by atoms with van der Waals surface area (Å²) in [6, 6.07) is 7.04. The van der Waals surface area contributed by atoms with Crippen LogP contribution in [0.3, 0.4) is 0 Å². The first-order valence-electron chi connectivity index (χ1n) is 6.54. The van der Waals surface area contributed by atoms with Crippen LogP contribution in [0.2, 0.25) is 0 Å². The van der Waals surface area contributed by atoms with Crippen LogP contribution in [0.4, 0.5) is 8.78 Å². The fourth-order valence-corrected chi connectivity index (χ4v) is 2.37. The molecule has 0 saturated heterocycles. The molecule has 0 aromatic heterocycles. The molecule has 0 radical (unpaired) electrons. The monoisotopic (exact) mass is 292 g/mol.